The van der Waals surface area contributed by atoms with E-state index < -0.39 is 5.97 Å². The van der Waals surface area contributed by atoms with E-state index in [-0.39, 0.29) is 5.92 Å². The van der Waals surface area contributed by atoms with Crippen molar-refractivity contribution in [2.45, 2.75) is 38.1 Å². The highest BCUT2D eigenvalue weighted by molar-refractivity contribution is 5.70. The number of carboxylic acid groups (broad SMARTS) is 1. The van der Waals surface area contributed by atoms with E-state index in [0.29, 0.717) is 6.04 Å². The summed E-state index contributed by atoms with van der Waals surface area (Å²) in [4.78, 5) is 20.5. The Morgan fingerprint density at radius 2 is 2.09 bits per heavy atom. The van der Waals surface area contributed by atoms with Gasteiger partial charge in [-0.25, -0.2) is 4.98 Å². The summed E-state index contributed by atoms with van der Waals surface area (Å²) in [6.07, 6.45) is 9.04. The third-order valence-electron chi connectivity index (χ3n) is 5.45. The van der Waals surface area contributed by atoms with Crippen LogP contribution in [-0.4, -0.2) is 69.2 Å². The fourth-order valence-corrected chi connectivity index (χ4v) is 3.94. The SMILES string of the molecule is Cn1ccnc1CCN1CCC(N2CCCC(C(=O)O)C2)CC1. The Hall–Kier alpha value is -1.40. The zero-order valence-electron chi connectivity index (χ0n) is 14.0. The van der Waals surface area contributed by atoms with E-state index in [9.17, 15) is 9.90 Å². The lowest BCUT2D eigenvalue weighted by Gasteiger charge is -2.41. The lowest BCUT2D eigenvalue weighted by molar-refractivity contribution is -0.144. The molecule has 0 saturated carbocycles. The highest BCUT2D eigenvalue weighted by atomic mass is 16.4. The minimum Gasteiger partial charge on any atom is -0.481 e. The third kappa shape index (κ3) is 4.12. The molecule has 0 aliphatic carbocycles. The summed E-state index contributed by atoms with van der Waals surface area (Å²) in [6.45, 7) is 5.11. The first-order valence-electron chi connectivity index (χ1n) is 8.79. The summed E-state index contributed by atoms with van der Waals surface area (Å²) < 4.78 is 2.09. The maximum absolute atomic E-state index is 11.2. The van der Waals surface area contributed by atoms with Crippen molar-refractivity contribution >= 4 is 5.97 Å². The van der Waals surface area contributed by atoms with Gasteiger partial charge in [-0.1, -0.05) is 0 Å². The van der Waals surface area contributed by atoms with E-state index in [0.717, 1.165) is 70.7 Å². The molecule has 2 aliphatic heterocycles. The van der Waals surface area contributed by atoms with Crippen molar-refractivity contribution in [2.75, 3.05) is 32.7 Å². The molecule has 0 bridgehead atoms. The topological polar surface area (TPSA) is 61.6 Å². The molecular formula is C17H28N4O2. The van der Waals surface area contributed by atoms with Crippen LogP contribution in [0, 0.1) is 5.92 Å². The maximum Gasteiger partial charge on any atom is 0.307 e. The van der Waals surface area contributed by atoms with Gasteiger partial charge in [0.25, 0.3) is 0 Å². The Morgan fingerprint density at radius 1 is 1.30 bits per heavy atom. The molecule has 2 aliphatic rings. The predicted molar refractivity (Wildman–Crippen MR) is 88.3 cm³/mol. The van der Waals surface area contributed by atoms with Gasteiger partial charge >= 0.3 is 5.97 Å². The largest absolute Gasteiger partial charge is 0.481 e. The molecule has 128 valence electrons. The fraction of sp³-hybridized carbons (Fsp3) is 0.765. The zero-order chi connectivity index (χ0) is 16.2. The first kappa shape index (κ1) is 16.5. The van der Waals surface area contributed by atoms with E-state index in [1.807, 2.05) is 19.4 Å². The second kappa shape index (κ2) is 7.45. The Morgan fingerprint density at radius 3 is 2.74 bits per heavy atom. The van der Waals surface area contributed by atoms with Gasteiger partial charge in [-0.15, -0.1) is 0 Å². The number of aliphatic carboxylic acids is 1. The van der Waals surface area contributed by atoms with E-state index in [1.54, 1.807) is 0 Å². The van der Waals surface area contributed by atoms with Crippen LogP contribution in [0.4, 0.5) is 0 Å². The standard InChI is InChI=1S/C17H28N4O2/c1-19-12-7-18-16(19)6-11-20-9-4-15(5-10-20)21-8-2-3-14(13-21)17(22)23/h7,12,14-15H,2-6,8-11,13H2,1H3,(H,22,23). The molecule has 1 aromatic heterocycles. The number of rotatable bonds is 5. The molecule has 0 radical (unpaired) electrons. The van der Waals surface area contributed by atoms with Crippen molar-refractivity contribution in [1.82, 2.24) is 19.4 Å². The Kier molecular flexibility index (Phi) is 5.33. The molecule has 0 amide bonds. The van der Waals surface area contributed by atoms with Crippen LogP contribution in [-0.2, 0) is 18.3 Å². The first-order chi connectivity index (χ1) is 11.1. The summed E-state index contributed by atoms with van der Waals surface area (Å²) in [5.41, 5.74) is 0. The van der Waals surface area contributed by atoms with Crippen LogP contribution < -0.4 is 0 Å². The average Bonchev–Trinajstić information content (AvgIpc) is 2.98. The summed E-state index contributed by atoms with van der Waals surface area (Å²) in [6, 6.07) is 0.571. The zero-order valence-corrected chi connectivity index (χ0v) is 14.0. The van der Waals surface area contributed by atoms with Crippen LogP contribution in [0.5, 0.6) is 0 Å². The summed E-state index contributed by atoms with van der Waals surface area (Å²) in [5, 5.41) is 9.24. The molecule has 23 heavy (non-hydrogen) atoms. The minimum atomic E-state index is -0.623. The molecule has 1 atom stereocenters. The number of nitrogens with zero attached hydrogens (tertiary/aromatic N) is 4. The molecule has 3 heterocycles. The van der Waals surface area contributed by atoms with Gasteiger partial charge in [0.15, 0.2) is 0 Å². The monoisotopic (exact) mass is 320 g/mol. The Labute approximate surface area is 138 Å². The van der Waals surface area contributed by atoms with Crippen LogP contribution >= 0.6 is 0 Å². The molecule has 1 unspecified atom stereocenters. The summed E-state index contributed by atoms with van der Waals surface area (Å²) in [5.74, 6) is 0.361. The summed E-state index contributed by atoms with van der Waals surface area (Å²) >= 11 is 0. The molecule has 0 aromatic carbocycles. The quantitative estimate of drug-likeness (QED) is 0.884. The van der Waals surface area contributed by atoms with Crippen LogP contribution in [0.15, 0.2) is 12.4 Å². The van der Waals surface area contributed by atoms with E-state index >= 15 is 0 Å². The highest BCUT2D eigenvalue weighted by Crippen LogP contribution is 2.24. The van der Waals surface area contributed by atoms with Gasteiger partial charge in [0.1, 0.15) is 5.82 Å². The number of aryl methyl sites for hydroxylation is 1. The van der Waals surface area contributed by atoms with Crippen LogP contribution in [0.1, 0.15) is 31.5 Å². The highest BCUT2D eigenvalue weighted by Gasteiger charge is 2.31. The lowest BCUT2D eigenvalue weighted by Crippen LogP contribution is -2.49. The summed E-state index contributed by atoms with van der Waals surface area (Å²) in [7, 11) is 2.05. The van der Waals surface area contributed by atoms with Crippen molar-refractivity contribution in [3.63, 3.8) is 0 Å². The molecule has 0 spiro atoms. The molecule has 6 nitrogen and oxygen atoms in total. The van der Waals surface area contributed by atoms with Gasteiger partial charge in [-0.3, -0.25) is 9.69 Å². The van der Waals surface area contributed by atoms with Crippen molar-refractivity contribution in [2.24, 2.45) is 13.0 Å². The number of likely N-dealkylation sites (tertiary alicyclic amines) is 2. The average molecular weight is 320 g/mol. The number of carboxylic acids is 1. The Balaban J connectivity index is 1.43. The molecule has 2 saturated heterocycles. The number of carbonyl (C=O) groups is 1. The molecule has 2 fully saturated rings. The fourth-order valence-electron chi connectivity index (χ4n) is 3.94. The molecule has 1 aromatic rings. The van der Waals surface area contributed by atoms with Gasteiger partial charge in [0.2, 0.25) is 0 Å². The van der Waals surface area contributed by atoms with Crippen LogP contribution in [0.2, 0.25) is 0 Å². The predicted octanol–water partition coefficient (Wildman–Crippen LogP) is 1.22. The third-order valence-corrected chi connectivity index (χ3v) is 5.45. The van der Waals surface area contributed by atoms with Crippen molar-refractivity contribution in [3.8, 4) is 0 Å². The van der Waals surface area contributed by atoms with Gasteiger partial charge in [0, 0.05) is 45.0 Å². The number of imidazole rings is 1. The van der Waals surface area contributed by atoms with Crippen molar-refractivity contribution in [1.29, 1.82) is 0 Å². The van der Waals surface area contributed by atoms with E-state index in [1.165, 1.54) is 0 Å². The van der Waals surface area contributed by atoms with Crippen LogP contribution in [0.3, 0.4) is 0 Å². The second-order valence-corrected chi connectivity index (χ2v) is 6.95. The molecular weight excluding hydrogens is 292 g/mol. The normalized spacial score (nSPS) is 24.8. The molecule has 3 rings (SSSR count). The number of hydrogen-bond donors (Lipinski definition) is 1. The van der Waals surface area contributed by atoms with Gasteiger partial charge in [-0.05, 0) is 45.3 Å². The van der Waals surface area contributed by atoms with Gasteiger partial charge in [0.05, 0.1) is 5.92 Å². The lowest BCUT2D eigenvalue weighted by atomic mass is 9.94. The van der Waals surface area contributed by atoms with E-state index in [2.05, 4.69) is 19.4 Å². The second-order valence-electron chi connectivity index (χ2n) is 6.95. The smallest absolute Gasteiger partial charge is 0.307 e. The minimum absolute atomic E-state index is 0.162. The van der Waals surface area contributed by atoms with E-state index in [4.69, 9.17) is 0 Å². The van der Waals surface area contributed by atoms with Gasteiger partial charge in [-0.2, -0.15) is 0 Å². The van der Waals surface area contributed by atoms with Crippen molar-refractivity contribution in [3.05, 3.63) is 18.2 Å². The first-order valence-corrected chi connectivity index (χ1v) is 8.79. The number of aromatic nitrogens is 2. The molecule has 6 heteroatoms. The van der Waals surface area contributed by atoms with Crippen molar-refractivity contribution < 1.29 is 9.90 Å². The number of piperidine rings is 2. The maximum atomic E-state index is 11.2. The Bertz CT molecular complexity index is 522. The number of hydrogen-bond acceptors (Lipinski definition) is 4. The molecule has 1 N–H and O–H groups in total. The van der Waals surface area contributed by atoms with Gasteiger partial charge < -0.3 is 14.6 Å². The van der Waals surface area contributed by atoms with Crippen LogP contribution in [0.25, 0.3) is 0 Å².